The Labute approximate surface area is 59.3 Å². The van der Waals surface area contributed by atoms with Crippen molar-refractivity contribution in [2.75, 3.05) is 0 Å². The van der Waals surface area contributed by atoms with Gasteiger partial charge in [0.1, 0.15) is 0 Å². The van der Waals surface area contributed by atoms with Crippen LogP contribution in [0.25, 0.3) is 0 Å². The molecule has 0 aliphatic rings. The van der Waals surface area contributed by atoms with Gasteiger partial charge in [0.25, 0.3) is 0 Å². The summed E-state index contributed by atoms with van der Waals surface area (Å²) in [4.78, 5) is 0. The number of hydrogen-bond donors (Lipinski definition) is 0. The Morgan fingerprint density at radius 3 is 1.20 bits per heavy atom. The van der Waals surface area contributed by atoms with Crippen LogP contribution in [0.4, 0.5) is 0 Å². The van der Waals surface area contributed by atoms with E-state index in [1.54, 1.807) is 0 Å². The second-order valence-electron chi connectivity index (χ2n) is 1.73. The molecule has 0 aliphatic heterocycles. The Bertz CT molecular complexity index is 15.5. The molecule has 28 valence electrons. The molecule has 0 saturated heterocycles. The van der Waals surface area contributed by atoms with E-state index in [4.69, 9.17) is 0 Å². The molecule has 0 bridgehead atoms. The van der Waals surface area contributed by atoms with Gasteiger partial charge in [-0.2, -0.15) is 0 Å². The predicted molar refractivity (Wildman–Crippen MR) is 25.9 cm³/mol. The van der Waals surface area contributed by atoms with Gasteiger partial charge in [-0.1, -0.05) is 19.6 Å². The number of rotatable bonds is 0. The Morgan fingerprint density at radius 1 is 1.20 bits per heavy atom. The zero-order valence-corrected chi connectivity index (χ0v) is 7.73. The van der Waals surface area contributed by atoms with Gasteiger partial charge in [-0.3, -0.25) is 0 Å². The van der Waals surface area contributed by atoms with Crippen LogP contribution in [0.5, 0.6) is 0 Å². The largest absolute Gasteiger partial charge is 1.00 e. The summed E-state index contributed by atoms with van der Waals surface area (Å²) in [5.74, 6) is 0. The van der Waals surface area contributed by atoms with Gasteiger partial charge >= 0.3 is 29.6 Å². The van der Waals surface area contributed by atoms with E-state index in [2.05, 4.69) is 19.6 Å². The molecule has 5 heavy (non-hydrogen) atoms. The van der Waals surface area contributed by atoms with E-state index in [1.807, 2.05) is 0 Å². The molecule has 0 heterocycles. The molecular formula is C3H11NaSi. The first-order valence-corrected chi connectivity index (χ1v) is 5.20. The Hall–Kier alpha value is 1.22. The summed E-state index contributed by atoms with van der Waals surface area (Å²) in [5.41, 5.74) is 0. The van der Waals surface area contributed by atoms with E-state index in [1.165, 1.54) is 0 Å². The van der Waals surface area contributed by atoms with Crippen molar-refractivity contribution in [2.45, 2.75) is 19.6 Å². The van der Waals surface area contributed by atoms with E-state index in [0.717, 1.165) is 0 Å². The van der Waals surface area contributed by atoms with E-state index < -0.39 is 0 Å². The van der Waals surface area contributed by atoms with Crippen molar-refractivity contribution in [3.05, 3.63) is 0 Å². The fourth-order valence-corrected chi connectivity index (χ4v) is 0. The first-order chi connectivity index (χ1) is 1.73. The number of hydrogen-bond acceptors (Lipinski definition) is 0. The van der Waals surface area contributed by atoms with Gasteiger partial charge in [0.15, 0.2) is 0 Å². The summed E-state index contributed by atoms with van der Waals surface area (Å²) in [5, 5.41) is 0. The van der Waals surface area contributed by atoms with Crippen molar-refractivity contribution in [1.82, 2.24) is 0 Å². The van der Waals surface area contributed by atoms with E-state index in [9.17, 15) is 0 Å². The fourth-order valence-electron chi connectivity index (χ4n) is 0. The molecule has 0 spiro atoms. The third-order valence-corrected chi connectivity index (χ3v) is 0. The van der Waals surface area contributed by atoms with Crippen LogP contribution in [0, 0.1) is 0 Å². The second-order valence-corrected chi connectivity index (χ2v) is 5.20. The van der Waals surface area contributed by atoms with Crippen LogP contribution in [0.1, 0.15) is 1.43 Å². The molecule has 2 heteroatoms. The molecule has 0 radical (unpaired) electrons. The van der Waals surface area contributed by atoms with Gasteiger partial charge in [-0.25, -0.2) is 0 Å². The molecule has 0 aromatic heterocycles. The molecule has 0 saturated carbocycles. The third kappa shape index (κ3) is 36.5. The maximum Gasteiger partial charge on any atom is 1.00 e. The summed E-state index contributed by atoms with van der Waals surface area (Å²) < 4.78 is 0. The topological polar surface area (TPSA) is 0 Å². The smallest absolute Gasteiger partial charge is 1.00 e. The monoisotopic (exact) mass is 98.1 g/mol. The quantitative estimate of drug-likeness (QED) is 0.314. The zero-order valence-electron chi connectivity index (χ0n) is 5.58. The van der Waals surface area contributed by atoms with Gasteiger partial charge in [0.2, 0.25) is 0 Å². The minimum atomic E-state index is -0.139. The van der Waals surface area contributed by atoms with Crippen LogP contribution < -0.4 is 29.6 Å². The molecule has 0 nitrogen and oxygen atoms in total. The maximum absolute atomic E-state index is 2.31. The van der Waals surface area contributed by atoms with Gasteiger partial charge in [0.05, 0.1) is 0 Å². The van der Waals surface area contributed by atoms with Crippen LogP contribution in [0.3, 0.4) is 0 Å². The minimum Gasteiger partial charge on any atom is -1.00 e. The summed E-state index contributed by atoms with van der Waals surface area (Å²) in [6.45, 7) is 6.92. The standard InChI is InChI=1S/C3H10Si.Na.H/c1-4(2)3;;/h4H,1-3H3;;/q;+1;-1. The van der Waals surface area contributed by atoms with Crippen LogP contribution in [0.15, 0.2) is 0 Å². The molecule has 0 aliphatic carbocycles. The second kappa shape index (κ2) is 5.22. The first-order valence-electron chi connectivity index (χ1n) is 1.73. The Kier molecular flexibility index (Phi) is 9.93. The van der Waals surface area contributed by atoms with Crippen LogP contribution in [-0.4, -0.2) is 8.80 Å². The van der Waals surface area contributed by atoms with E-state index >= 15 is 0 Å². The summed E-state index contributed by atoms with van der Waals surface area (Å²) in [7, 11) is -0.139. The molecule has 0 N–H and O–H groups in total. The van der Waals surface area contributed by atoms with Crippen LogP contribution in [-0.2, 0) is 0 Å². The molecule has 0 amide bonds. The third-order valence-electron chi connectivity index (χ3n) is 0. The zero-order chi connectivity index (χ0) is 3.58. The van der Waals surface area contributed by atoms with Crippen molar-refractivity contribution in [3.63, 3.8) is 0 Å². The van der Waals surface area contributed by atoms with Crippen LogP contribution >= 0.6 is 0 Å². The predicted octanol–water partition coefficient (Wildman–Crippen LogP) is -1.78. The maximum atomic E-state index is 2.31. The molecule has 0 aromatic rings. The summed E-state index contributed by atoms with van der Waals surface area (Å²) >= 11 is 0. The molecule has 0 unspecified atom stereocenters. The van der Waals surface area contributed by atoms with Crippen molar-refractivity contribution >= 4 is 8.80 Å². The summed E-state index contributed by atoms with van der Waals surface area (Å²) in [6.07, 6.45) is 0. The van der Waals surface area contributed by atoms with Crippen molar-refractivity contribution in [3.8, 4) is 0 Å². The normalized spacial score (nSPS) is 7.20. The SMILES string of the molecule is C[SiH](C)C.[H-].[Na+]. The molecule has 0 aromatic carbocycles. The van der Waals surface area contributed by atoms with Crippen molar-refractivity contribution in [2.24, 2.45) is 0 Å². The molecule has 0 fully saturated rings. The van der Waals surface area contributed by atoms with Crippen molar-refractivity contribution < 1.29 is 31.0 Å². The van der Waals surface area contributed by atoms with E-state index in [0.29, 0.717) is 0 Å². The molecule has 0 rings (SSSR count). The fraction of sp³-hybridized carbons (Fsp3) is 1.00. The first kappa shape index (κ1) is 9.52. The van der Waals surface area contributed by atoms with Crippen LogP contribution in [0.2, 0.25) is 19.6 Å². The van der Waals surface area contributed by atoms with E-state index in [-0.39, 0.29) is 39.8 Å². The minimum absolute atomic E-state index is 0. The molecule has 0 atom stereocenters. The van der Waals surface area contributed by atoms with Gasteiger partial charge in [-0.15, -0.1) is 0 Å². The average Bonchev–Trinajstić information content (AvgIpc) is 0.811. The Morgan fingerprint density at radius 2 is 1.20 bits per heavy atom. The van der Waals surface area contributed by atoms with Gasteiger partial charge in [0, 0.05) is 8.80 Å². The summed E-state index contributed by atoms with van der Waals surface area (Å²) in [6, 6.07) is 0. The van der Waals surface area contributed by atoms with Gasteiger partial charge in [-0.05, 0) is 0 Å². The Balaban J connectivity index is -0.0000000450. The van der Waals surface area contributed by atoms with Gasteiger partial charge < -0.3 is 1.43 Å². The molecular weight excluding hydrogens is 87.1 g/mol. The van der Waals surface area contributed by atoms with Crippen molar-refractivity contribution in [1.29, 1.82) is 0 Å². The average molecular weight is 98.2 g/mol.